The number of quaternary nitrogens is 2. The summed E-state index contributed by atoms with van der Waals surface area (Å²) in [5.41, 5.74) is 0. The first-order chi connectivity index (χ1) is 26.8. The standard InChI is InChI=1S/C46H90N2O8.2BrH/c1-43(49)53-41-37-47(3,4)35-29-23-17-11-7-13-19-25-31-39-55-45(51)33-27-21-15-9-10-16-22-28-34-46(52)56-40-32-26-20-14-8-12-18-24-30-36-48(5,6)38-42-54-44(2)50;;/h7-42H2,1-6H3;2*1H/q+2;;/p-2. The van der Waals surface area contributed by atoms with Crippen molar-refractivity contribution in [2.75, 3.05) is 80.8 Å². The molecular weight excluding hydrogens is 868 g/mol. The number of esters is 4. The number of rotatable bonds is 41. The van der Waals surface area contributed by atoms with Gasteiger partial charge in [0.2, 0.25) is 0 Å². The maximum absolute atomic E-state index is 12.0. The van der Waals surface area contributed by atoms with Gasteiger partial charge in [0.05, 0.1) is 54.5 Å². The average molecular weight is 959 g/mol. The zero-order valence-electron chi connectivity index (χ0n) is 38.4. The Kier molecular flexibility index (Phi) is 44.7. The molecule has 0 saturated carbocycles. The summed E-state index contributed by atoms with van der Waals surface area (Å²) >= 11 is 0. The molecule has 346 valence electrons. The molecule has 10 nitrogen and oxygen atoms in total. The second-order valence-corrected chi connectivity index (χ2v) is 17.6. The third-order valence-electron chi connectivity index (χ3n) is 10.9. The maximum atomic E-state index is 12.0. The van der Waals surface area contributed by atoms with Gasteiger partial charge < -0.3 is 61.9 Å². The predicted octanol–water partition coefficient (Wildman–Crippen LogP) is 4.28. The van der Waals surface area contributed by atoms with Crippen molar-refractivity contribution in [3.05, 3.63) is 0 Å². The predicted molar refractivity (Wildman–Crippen MR) is 228 cm³/mol. The number of unbranched alkanes of at least 4 members (excludes halogenated alkanes) is 23. The quantitative estimate of drug-likeness (QED) is 0.0388. The van der Waals surface area contributed by atoms with Gasteiger partial charge in [-0.3, -0.25) is 19.2 Å². The SMILES string of the molecule is CC(=O)OCC[N+](C)(C)CCCCCCCCCCCOC(=O)CCCCCCCCCCC(=O)OCCCCCCCCCCC[N+](C)(C)CCOC(C)=O.[Br-].[Br-]. The zero-order chi connectivity index (χ0) is 41.6. The van der Waals surface area contributed by atoms with E-state index in [0.29, 0.717) is 39.3 Å². The van der Waals surface area contributed by atoms with Crippen LogP contribution in [0.5, 0.6) is 0 Å². The van der Waals surface area contributed by atoms with E-state index in [1.807, 2.05) is 0 Å². The van der Waals surface area contributed by atoms with Gasteiger partial charge in [-0.15, -0.1) is 0 Å². The minimum atomic E-state index is -0.199. The summed E-state index contributed by atoms with van der Waals surface area (Å²) in [6.07, 6.45) is 31.6. The van der Waals surface area contributed by atoms with E-state index in [-0.39, 0.29) is 57.8 Å². The fraction of sp³-hybridized carbons (Fsp3) is 0.913. The highest BCUT2D eigenvalue weighted by atomic mass is 79.9. The van der Waals surface area contributed by atoms with Gasteiger partial charge in [-0.1, -0.05) is 116 Å². The molecule has 0 aliphatic heterocycles. The molecule has 58 heavy (non-hydrogen) atoms. The summed E-state index contributed by atoms with van der Waals surface area (Å²) in [6.45, 7) is 9.02. The molecule has 0 N–H and O–H groups in total. The smallest absolute Gasteiger partial charge is 0.305 e. The lowest BCUT2D eigenvalue weighted by Crippen LogP contribution is -3.00. The van der Waals surface area contributed by atoms with Crippen molar-refractivity contribution in [1.82, 2.24) is 0 Å². The van der Waals surface area contributed by atoms with E-state index in [1.54, 1.807) is 0 Å². The van der Waals surface area contributed by atoms with Crippen molar-refractivity contribution >= 4 is 23.9 Å². The molecule has 0 aromatic carbocycles. The Morgan fingerprint density at radius 2 is 0.552 bits per heavy atom. The summed E-state index contributed by atoms with van der Waals surface area (Å²) in [4.78, 5) is 45.9. The normalized spacial score (nSPS) is 11.3. The van der Waals surface area contributed by atoms with Crippen molar-refractivity contribution in [3.63, 3.8) is 0 Å². The molecule has 0 spiro atoms. The number of carbonyl (C=O) groups is 4. The summed E-state index contributed by atoms with van der Waals surface area (Å²) < 4.78 is 22.8. The first-order valence-electron chi connectivity index (χ1n) is 23.0. The van der Waals surface area contributed by atoms with E-state index < -0.39 is 0 Å². The van der Waals surface area contributed by atoms with Crippen LogP contribution in [0.3, 0.4) is 0 Å². The average Bonchev–Trinajstić information content (AvgIpc) is 3.12. The van der Waals surface area contributed by atoms with Gasteiger partial charge in [0.15, 0.2) is 0 Å². The zero-order valence-corrected chi connectivity index (χ0v) is 41.5. The fourth-order valence-corrected chi connectivity index (χ4v) is 6.97. The van der Waals surface area contributed by atoms with Crippen LogP contribution in [-0.2, 0) is 38.1 Å². The number of halogens is 2. The number of nitrogens with zero attached hydrogens (tertiary/aromatic N) is 2. The molecule has 0 unspecified atom stereocenters. The fourth-order valence-electron chi connectivity index (χ4n) is 6.97. The van der Waals surface area contributed by atoms with Crippen LogP contribution >= 0.6 is 0 Å². The van der Waals surface area contributed by atoms with E-state index in [9.17, 15) is 19.2 Å². The molecule has 12 heteroatoms. The topological polar surface area (TPSA) is 105 Å². The van der Waals surface area contributed by atoms with Crippen LogP contribution in [0.15, 0.2) is 0 Å². The van der Waals surface area contributed by atoms with Gasteiger partial charge in [0.1, 0.15) is 26.3 Å². The van der Waals surface area contributed by atoms with Crippen molar-refractivity contribution < 1.29 is 81.1 Å². The lowest BCUT2D eigenvalue weighted by molar-refractivity contribution is -0.890. The number of hydrogen-bond acceptors (Lipinski definition) is 8. The lowest BCUT2D eigenvalue weighted by atomic mass is 10.1. The first-order valence-corrected chi connectivity index (χ1v) is 23.0. The first kappa shape index (κ1) is 61.1. The Hall–Kier alpha value is -1.24. The molecule has 0 aromatic rings. The van der Waals surface area contributed by atoms with Gasteiger partial charge in [-0.25, -0.2) is 0 Å². The number of ether oxygens (including phenoxy) is 4. The monoisotopic (exact) mass is 957 g/mol. The Labute approximate surface area is 377 Å². The molecule has 0 amide bonds. The van der Waals surface area contributed by atoms with Crippen molar-refractivity contribution in [2.45, 2.75) is 194 Å². The van der Waals surface area contributed by atoms with E-state index >= 15 is 0 Å². The molecule has 0 bridgehead atoms. The van der Waals surface area contributed by atoms with Gasteiger partial charge in [-0.2, -0.15) is 0 Å². The maximum Gasteiger partial charge on any atom is 0.305 e. The molecule has 0 saturated heterocycles. The highest BCUT2D eigenvalue weighted by molar-refractivity contribution is 5.69. The van der Waals surface area contributed by atoms with Crippen molar-refractivity contribution in [2.24, 2.45) is 0 Å². The summed E-state index contributed by atoms with van der Waals surface area (Å²) in [6, 6.07) is 0. The minimum absolute atomic E-state index is 0. The van der Waals surface area contributed by atoms with Crippen LogP contribution in [-0.4, -0.2) is 114 Å². The molecule has 0 radical (unpaired) electrons. The molecule has 0 aliphatic rings. The van der Waals surface area contributed by atoms with Gasteiger partial charge in [-0.05, 0) is 51.4 Å². The number of carbonyl (C=O) groups excluding carboxylic acids is 4. The van der Waals surface area contributed by atoms with E-state index in [1.165, 1.54) is 117 Å². The molecule has 0 aliphatic carbocycles. The van der Waals surface area contributed by atoms with E-state index in [4.69, 9.17) is 18.9 Å². The largest absolute Gasteiger partial charge is 1.00 e. The number of likely N-dealkylation sites (N-methyl/N-ethyl adjacent to an activating group) is 2. The van der Waals surface area contributed by atoms with Crippen molar-refractivity contribution in [3.8, 4) is 0 Å². The van der Waals surface area contributed by atoms with Crippen LogP contribution in [0.2, 0.25) is 0 Å². The van der Waals surface area contributed by atoms with E-state index in [0.717, 1.165) is 99.4 Å². The van der Waals surface area contributed by atoms with Gasteiger partial charge >= 0.3 is 23.9 Å². The van der Waals surface area contributed by atoms with Crippen LogP contribution in [0, 0.1) is 0 Å². The Bertz CT molecular complexity index is 907. The molecule has 0 atom stereocenters. The molecular formula is C46H90Br2N2O8. The van der Waals surface area contributed by atoms with Gasteiger partial charge in [0.25, 0.3) is 0 Å². The highest BCUT2D eigenvalue weighted by Crippen LogP contribution is 2.15. The van der Waals surface area contributed by atoms with Crippen LogP contribution in [0.1, 0.15) is 194 Å². The molecule has 0 heterocycles. The Morgan fingerprint density at radius 3 is 0.828 bits per heavy atom. The molecule has 0 fully saturated rings. The second-order valence-electron chi connectivity index (χ2n) is 17.6. The van der Waals surface area contributed by atoms with Crippen LogP contribution in [0.4, 0.5) is 0 Å². The third-order valence-corrected chi connectivity index (χ3v) is 10.9. The van der Waals surface area contributed by atoms with Crippen LogP contribution < -0.4 is 34.0 Å². The summed E-state index contributed by atoms with van der Waals surface area (Å²) in [7, 11) is 8.80. The summed E-state index contributed by atoms with van der Waals surface area (Å²) in [5, 5.41) is 0. The lowest BCUT2D eigenvalue weighted by Gasteiger charge is -2.29. The Morgan fingerprint density at radius 1 is 0.310 bits per heavy atom. The van der Waals surface area contributed by atoms with Crippen LogP contribution in [0.25, 0.3) is 0 Å². The molecule has 0 aromatic heterocycles. The van der Waals surface area contributed by atoms with E-state index in [2.05, 4.69) is 28.2 Å². The summed E-state index contributed by atoms with van der Waals surface area (Å²) in [5.74, 6) is -0.492. The van der Waals surface area contributed by atoms with Gasteiger partial charge in [0, 0.05) is 26.7 Å². The van der Waals surface area contributed by atoms with Crippen molar-refractivity contribution in [1.29, 1.82) is 0 Å². The third kappa shape index (κ3) is 47.4. The highest BCUT2D eigenvalue weighted by Gasteiger charge is 2.16. The Balaban J connectivity index is -0.0000151. The second kappa shape index (κ2) is 42.5. The number of hydrogen-bond donors (Lipinski definition) is 0. The molecule has 0 rings (SSSR count). The minimum Gasteiger partial charge on any atom is -1.00 e.